The lowest BCUT2D eigenvalue weighted by Crippen LogP contribution is -2.34. The van der Waals surface area contributed by atoms with Gasteiger partial charge in [-0.25, -0.2) is 0 Å². The van der Waals surface area contributed by atoms with Crippen LogP contribution in [0.5, 0.6) is 0 Å². The van der Waals surface area contributed by atoms with Gasteiger partial charge in [-0.15, -0.1) is 0 Å². The normalized spacial score (nSPS) is 11.9. The van der Waals surface area contributed by atoms with E-state index in [9.17, 15) is 8.42 Å². The standard InChI is InChI=1S/C34H38O7S/c1-29-17-19-33(20-18-29)42(35,36)41-28-26-39-24-22-37-21-23-38-25-27-40-34(30-11-5-2-6-12-30,31-13-7-3-8-14-31)32-15-9-4-10-16-32/h2-20H,21-28H2,1H3. The van der Waals surface area contributed by atoms with E-state index in [1.807, 2.05) is 61.5 Å². The molecule has 0 aliphatic rings. The van der Waals surface area contributed by atoms with Crippen LogP contribution in [0.2, 0.25) is 0 Å². The SMILES string of the molecule is Cc1ccc(S(=O)(=O)OCCOCCOCCOCCOC(c2ccccc2)(c2ccccc2)c2ccccc2)cc1. The minimum absolute atomic E-state index is 0.0598. The molecule has 222 valence electrons. The van der Waals surface area contributed by atoms with E-state index in [-0.39, 0.29) is 18.1 Å². The van der Waals surface area contributed by atoms with E-state index in [2.05, 4.69) is 36.4 Å². The van der Waals surface area contributed by atoms with Crippen molar-refractivity contribution in [3.8, 4) is 0 Å². The fourth-order valence-corrected chi connectivity index (χ4v) is 5.43. The Hall–Kier alpha value is -3.37. The van der Waals surface area contributed by atoms with Crippen LogP contribution in [0.3, 0.4) is 0 Å². The third kappa shape index (κ3) is 8.82. The third-order valence-corrected chi connectivity index (χ3v) is 7.93. The lowest BCUT2D eigenvalue weighted by molar-refractivity contribution is -0.0373. The van der Waals surface area contributed by atoms with Crippen LogP contribution in [0.1, 0.15) is 22.3 Å². The molecule has 0 aromatic heterocycles. The van der Waals surface area contributed by atoms with E-state index in [0.29, 0.717) is 39.6 Å². The Morgan fingerprint density at radius 1 is 0.500 bits per heavy atom. The molecule has 0 aliphatic heterocycles. The van der Waals surface area contributed by atoms with E-state index in [0.717, 1.165) is 22.3 Å². The van der Waals surface area contributed by atoms with Gasteiger partial charge in [0.25, 0.3) is 10.1 Å². The van der Waals surface area contributed by atoms with E-state index in [1.54, 1.807) is 12.1 Å². The molecular weight excluding hydrogens is 552 g/mol. The first kappa shape index (κ1) is 31.6. The Balaban J connectivity index is 1.16. The van der Waals surface area contributed by atoms with Gasteiger partial charge in [0.15, 0.2) is 0 Å². The van der Waals surface area contributed by atoms with Crippen molar-refractivity contribution in [2.75, 3.05) is 52.9 Å². The molecule has 0 bridgehead atoms. The molecule has 4 rings (SSSR count). The monoisotopic (exact) mass is 590 g/mol. The minimum Gasteiger partial charge on any atom is -0.377 e. The summed E-state index contributed by atoms with van der Waals surface area (Å²) in [6.45, 7) is 4.27. The summed E-state index contributed by atoms with van der Waals surface area (Å²) in [5.41, 5.74) is 3.34. The average Bonchev–Trinajstić information content (AvgIpc) is 3.03. The van der Waals surface area contributed by atoms with Gasteiger partial charge in [0.2, 0.25) is 0 Å². The van der Waals surface area contributed by atoms with Gasteiger partial charge in [-0.2, -0.15) is 8.42 Å². The number of benzene rings is 4. The smallest absolute Gasteiger partial charge is 0.297 e. The van der Waals surface area contributed by atoms with Gasteiger partial charge in [-0.3, -0.25) is 4.18 Å². The van der Waals surface area contributed by atoms with Crippen molar-refractivity contribution in [3.05, 3.63) is 138 Å². The molecular formula is C34H38O7S. The second-order valence-electron chi connectivity index (χ2n) is 9.55. The highest BCUT2D eigenvalue weighted by molar-refractivity contribution is 7.86. The lowest BCUT2D eigenvalue weighted by atomic mass is 9.80. The molecule has 0 saturated carbocycles. The zero-order valence-electron chi connectivity index (χ0n) is 23.9. The van der Waals surface area contributed by atoms with Gasteiger partial charge < -0.3 is 18.9 Å². The fourth-order valence-electron chi connectivity index (χ4n) is 4.54. The van der Waals surface area contributed by atoms with Crippen molar-refractivity contribution in [1.82, 2.24) is 0 Å². The molecule has 8 heteroatoms. The first-order valence-corrected chi connectivity index (χ1v) is 15.4. The van der Waals surface area contributed by atoms with Crippen LogP contribution >= 0.6 is 0 Å². The highest BCUT2D eigenvalue weighted by Gasteiger charge is 2.37. The van der Waals surface area contributed by atoms with Crippen LogP contribution in [-0.2, 0) is 38.8 Å². The lowest BCUT2D eigenvalue weighted by Gasteiger charge is -2.36. The van der Waals surface area contributed by atoms with Crippen LogP contribution in [0.4, 0.5) is 0 Å². The first-order chi connectivity index (χ1) is 20.5. The Kier molecular flexibility index (Phi) is 12.3. The van der Waals surface area contributed by atoms with Crippen LogP contribution in [0, 0.1) is 6.92 Å². The molecule has 0 saturated heterocycles. The van der Waals surface area contributed by atoms with Gasteiger partial charge >= 0.3 is 0 Å². The Bertz CT molecular complexity index is 1310. The highest BCUT2D eigenvalue weighted by atomic mass is 32.2. The summed E-state index contributed by atoms with van der Waals surface area (Å²) in [6, 6.07) is 37.2. The van der Waals surface area contributed by atoms with E-state index < -0.39 is 15.7 Å². The molecule has 0 aliphatic carbocycles. The Morgan fingerprint density at radius 2 is 0.881 bits per heavy atom. The summed E-state index contributed by atoms with van der Waals surface area (Å²) < 4.78 is 52.8. The molecule has 0 heterocycles. The maximum absolute atomic E-state index is 12.2. The zero-order chi connectivity index (χ0) is 29.5. The highest BCUT2D eigenvalue weighted by Crippen LogP contribution is 2.40. The second-order valence-corrected chi connectivity index (χ2v) is 11.2. The van der Waals surface area contributed by atoms with Crippen LogP contribution in [-0.4, -0.2) is 61.3 Å². The largest absolute Gasteiger partial charge is 0.377 e. The van der Waals surface area contributed by atoms with Gasteiger partial charge in [-0.1, -0.05) is 109 Å². The molecule has 42 heavy (non-hydrogen) atoms. The van der Waals surface area contributed by atoms with Gasteiger partial charge in [0.05, 0.1) is 57.8 Å². The summed E-state index contributed by atoms with van der Waals surface area (Å²) in [6.07, 6.45) is 0. The minimum atomic E-state index is -3.78. The van der Waals surface area contributed by atoms with Crippen molar-refractivity contribution in [2.45, 2.75) is 17.4 Å². The third-order valence-electron chi connectivity index (χ3n) is 6.61. The number of aryl methyl sites for hydroxylation is 1. The molecule has 0 amide bonds. The summed E-state index contributed by atoms with van der Waals surface area (Å²) in [4.78, 5) is 0.132. The van der Waals surface area contributed by atoms with Crippen LogP contribution in [0.15, 0.2) is 120 Å². The van der Waals surface area contributed by atoms with Crippen molar-refractivity contribution in [3.63, 3.8) is 0 Å². The van der Waals surface area contributed by atoms with Crippen molar-refractivity contribution in [1.29, 1.82) is 0 Å². The quantitative estimate of drug-likeness (QED) is 0.0828. The molecule has 0 spiro atoms. The van der Waals surface area contributed by atoms with Gasteiger partial charge in [0.1, 0.15) is 5.60 Å². The number of hydrogen-bond acceptors (Lipinski definition) is 7. The molecule has 0 radical (unpaired) electrons. The topological polar surface area (TPSA) is 80.3 Å². The predicted octanol–water partition coefficient (Wildman–Crippen LogP) is 5.76. The molecule has 4 aromatic carbocycles. The van der Waals surface area contributed by atoms with Crippen molar-refractivity contribution < 1.29 is 31.5 Å². The summed E-state index contributed by atoms with van der Waals surface area (Å²) in [5, 5.41) is 0. The maximum atomic E-state index is 12.2. The molecule has 0 N–H and O–H groups in total. The number of ether oxygens (including phenoxy) is 4. The van der Waals surface area contributed by atoms with E-state index in [1.165, 1.54) is 12.1 Å². The molecule has 0 atom stereocenters. The maximum Gasteiger partial charge on any atom is 0.297 e. The Labute approximate surface area is 249 Å². The summed E-state index contributed by atoms with van der Waals surface area (Å²) >= 11 is 0. The van der Waals surface area contributed by atoms with Gasteiger partial charge in [-0.05, 0) is 35.7 Å². The molecule has 0 fully saturated rings. The van der Waals surface area contributed by atoms with Crippen molar-refractivity contribution >= 4 is 10.1 Å². The number of rotatable bonds is 18. The summed E-state index contributed by atoms with van der Waals surface area (Å²) in [5.74, 6) is 0. The first-order valence-electron chi connectivity index (χ1n) is 14.0. The molecule has 4 aromatic rings. The zero-order valence-corrected chi connectivity index (χ0v) is 24.7. The van der Waals surface area contributed by atoms with Crippen molar-refractivity contribution in [2.24, 2.45) is 0 Å². The molecule has 0 unspecified atom stereocenters. The van der Waals surface area contributed by atoms with Gasteiger partial charge in [0, 0.05) is 0 Å². The average molecular weight is 591 g/mol. The number of hydrogen-bond donors (Lipinski definition) is 0. The van der Waals surface area contributed by atoms with Crippen LogP contribution in [0.25, 0.3) is 0 Å². The van der Waals surface area contributed by atoms with E-state index >= 15 is 0 Å². The van der Waals surface area contributed by atoms with Crippen LogP contribution < -0.4 is 0 Å². The van der Waals surface area contributed by atoms with E-state index in [4.69, 9.17) is 23.1 Å². The Morgan fingerprint density at radius 3 is 1.31 bits per heavy atom. The second kappa shape index (κ2) is 16.3. The molecule has 7 nitrogen and oxygen atoms in total. The predicted molar refractivity (Wildman–Crippen MR) is 162 cm³/mol. The summed E-state index contributed by atoms with van der Waals surface area (Å²) in [7, 11) is -3.78. The fraction of sp³-hybridized carbons (Fsp3) is 0.294.